The van der Waals surface area contributed by atoms with Crippen molar-refractivity contribution in [2.45, 2.75) is 11.2 Å². The van der Waals surface area contributed by atoms with Gasteiger partial charge in [0.15, 0.2) is 0 Å². The molecule has 0 radical (unpaired) electrons. The molecule has 0 saturated carbocycles. The van der Waals surface area contributed by atoms with E-state index in [0.717, 1.165) is 0 Å². The fraction of sp³-hybridized carbons (Fsp3) is 1.00. The van der Waals surface area contributed by atoms with E-state index in [2.05, 4.69) is 35.7 Å². The molecule has 2 saturated heterocycles. The van der Waals surface area contributed by atoms with Crippen molar-refractivity contribution in [3.8, 4) is 0 Å². The summed E-state index contributed by atoms with van der Waals surface area (Å²) < 4.78 is 0.585. The van der Waals surface area contributed by atoms with Crippen LogP contribution in [0.2, 0.25) is 0 Å². The molecule has 0 bridgehead atoms. The van der Waals surface area contributed by atoms with Crippen molar-refractivity contribution in [2.24, 2.45) is 0 Å². The van der Waals surface area contributed by atoms with Crippen molar-refractivity contribution in [3.63, 3.8) is 0 Å². The molecule has 0 aromatic heterocycles. The van der Waals surface area contributed by atoms with Gasteiger partial charge in [-0.3, -0.25) is 0 Å². The van der Waals surface area contributed by atoms with Crippen LogP contribution < -0.4 is 0 Å². The lowest BCUT2D eigenvalue weighted by molar-refractivity contribution is 0.293. The predicted octanol–water partition coefficient (Wildman–Crippen LogP) is 0.739. The lowest BCUT2D eigenvalue weighted by Gasteiger charge is -2.37. The van der Waals surface area contributed by atoms with Gasteiger partial charge in [0.2, 0.25) is 0 Å². The zero-order valence-electron chi connectivity index (χ0n) is 8.05. The van der Waals surface area contributed by atoms with Crippen LogP contribution in [-0.2, 0) is 0 Å². The molecule has 2 rings (SSSR count). The van der Waals surface area contributed by atoms with E-state index in [9.17, 15) is 0 Å². The van der Waals surface area contributed by atoms with E-state index in [1.54, 1.807) is 0 Å². The van der Waals surface area contributed by atoms with Crippen LogP contribution in [-0.4, -0.2) is 60.6 Å². The molecular formula is C9H18N2S. The van der Waals surface area contributed by atoms with Crippen LogP contribution in [0.1, 0.15) is 6.42 Å². The summed E-state index contributed by atoms with van der Waals surface area (Å²) >= 11 is 2.20. The minimum absolute atomic E-state index is 0.585. The number of hydrogen-bond acceptors (Lipinski definition) is 3. The van der Waals surface area contributed by atoms with Crippen LogP contribution in [0.15, 0.2) is 0 Å². The third-order valence-corrected chi connectivity index (χ3v) is 4.41. The third-order valence-electron chi connectivity index (χ3n) is 2.95. The minimum Gasteiger partial charge on any atom is -0.305 e. The maximum Gasteiger partial charge on any atom is 0.0426 e. The molecule has 2 aliphatic heterocycles. The van der Waals surface area contributed by atoms with Crippen molar-refractivity contribution in [3.05, 3.63) is 0 Å². The van der Waals surface area contributed by atoms with E-state index in [4.69, 9.17) is 0 Å². The van der Waals surface area contributed by atoms with Crippen molar-refractivity contribution in [2.75, 3.05) is 46.0 Å². The highest BCUT2D eigenvalue weighted by Crippen LogP contribution is 2.37. The summed E-state index contributed by atoms with van der Waals surface area (Å²) in [6.45, 7) is 5.15. The number of rotatable bonds is 0. The standard InChI is InChI=1S/C9H18N2S/c1-10-4-3-9(7-10)8-11(2)5-6-12-9/h3-8H2,1-2H3. The summed E-state index contributed by atoms with van der Waals surface area (Å²) in [6.07, 6.45) is 1.39. The lowest BCUT2D eigenvalue weighted by Crippen LogP contribution is -2.46. The summed E-state index contributed by atoms with van der Waals surface area (Å²) in [7, 11) is 4.49. The van der Waals surface area contributed by atoms with Gasteiger partial charge in [0.25, 0.3) is 0 Å². The van der Waals surface area contributed by atoms with Gasteiger partial charge in [-0.1, -0.05) is 0 Å². The molecule has 70 valence electrons. The molecule has 2 heterocycles. The average Bonchev–Trinajstić information content (AvgIpc) is 2.32. The summed E-state index contributed by atoms with van der Waals surface area (Å²) in [4.78, 5) is 4.95. The molecule has 1 spiro atoms. The number of thioether (sulfide) groups is 1. The Balaban J connectivity index is 2.00. The molecule has 12 heavy (non-hydrogen) atoms. The Morgan fingerprint density at radius 2 is 1.75 bits per heavy atom. The first-order chi connectivity index (χ1) is 5.70. The summed E-state index contributed by atoms with van der Waals surface area (Å²) in [5.74, 6) is 1.32. The number of likely N-dealkylation sites (tertiary alicyclic amines) is 1. The predicted molar refractivity (Wildman–Crippen MR) is 54.8 cm³/mol. The summed E-state index contributed by atoms with van der Waals surface area (Å²) in [5.41, 5.74) is 0. The maximum atomic E-state index is 2.48. The quantitative estimate of drug-likeness (QED) is 0.551. The summed E-state index contributed by atoms with van der Waals surface area (Å²) in [6, 6.07) is 0. The highest BCUT2D eigenvalue weighted by atomic mass is 32.2. The molecule has 2 nitrogen and oxygen atoms in total. The smallest absolute Gasteiger partial charge is 0.0426 e. The van der Waals surface area contributed by atoms with Gasteiger partial charge in [-0.2, -0.15) is 11.8 Å². The zero-order chi connectivity index (χ0) is 8.60. The van der Waals surface area contributed by atoms with Crippen LogP contribution in [0.5, 0.6) is 0 Å². The Hall–Kier alpha value is 0.270. The Kier molecular flexibility index (Phi) is 2.36. The molecule has 1 atom stereocenters. The topological polar surface area (TPSA) is 6.48 Å². The van der Waals surface area contributed by atoms with E-state index >= 15 is 0 Å². The minimum atomic E-state index is 0.585. The second kappa shape index (κ2) is 3.20. The van der Waals surface area contributed by atoms with Gasteiger partial charge >= 0.3 is 0 Å². The van der Waals surface area contributed by atoms with E-state index < -0.39 is 0 Å². The van der Waals surface area contributed by atoms with Crippen LogP contribution in [0.3, 0.4) is 0 Å². The molecule has 2 aliphatic rings. The van der Waals surface area contributed by atoms with E-state index in [1.165, 1.54) is 38.4 Å². The van der Waals surface area contributed by atoms with Crippen molar-refractivity contribution < 1.29 is 0 Å². The van der Waals surface area contributed by atoms with Crippen molar-refractivity contribution >= 4 is 11.8 Å². The van der Waals surface area contributed by atoms with Crippen LogP contribution in [0.4, 0.5) is 0 Å². The number of nitrogens with zero attached hydrogens (tertiary/aromatic N) is 2. The summed E-state index contributed by atoms with van der Waals surface area (Å²) in [5, 5.41) is 0. The van der Waals surface area contributed by atoms with Gasteiger partial charge in [-0.05, 0) is 27.1 Å². The van der Waals surface area contributed by atoms with Gasteiger partial charge < -0.3 is 9.80 Å². The van der Waals surface area contributed by atoms with Crippen molar-refractivity contribution in [1.82, 2.24) is 9.80 Å². The van der Waals surface area contributed by atoms with Crippen LogP contribution >= 0.6 is 11.8 Å². The number of hydrogen-bond donors (Lipinski definition) is 0. The monoisotopic (exact) mass is 186 g/mol. The highest BCUT2D eigenvalue weighted by Gasteiger charge is 2.39. The lowest BCUT2D eigenvalue weighted by atomic mass is 10.1. The molecule has 0 aromatic rings. The maximum absolute atomic E-state index is 2.48. The Bertz CT molecular complexity index is 170. The molecule has 3 heteroatoms. The van der Waals surface area contributed by atoms with Gasteiger partial charge in [0, 0.05) is 30.1 Å². The molecule has 0 amide bonds. The highest BCUT2D eigenvalue weighted by molar-refractivity contribution is 8.00. The van der Waals surface area contributed by atoms with Gasteiger partial charge in [0.05, 0.1) is 0 Å². The molecule has 0 aliphatic carbocycles. The van der Waals surface area contributed by atoms with E-state index in [-0.39, 0.29) is 0 Å². The van der Waals surface area contributed by atoms with Gasteiger partial charge in [-0.15, -0.1) is 0 Å². The fourth-order valence-corrected chi connectivity index (χ4v) is 4.02. The second-order valence-corrected chi connectivity index (χ2v) is 5.82. The normalized spacial score (nSPS) is 39.5. The Morgan fingerprint density at radius 3 is 2.33 bits per heavy atom. The first-order valence-electron chi connectivity index (χ1n) is 4.71. The van der Waals surface area contributed by atoms with E-state index in [0.29, 0.717) is 4.75 Å². The fourth-order valence-electron chi connectivity index (χ4n) is 2.33. The largest absolute Gasteiger partial charge is 0.305 e. The third kappa shape index (κ3) is 1.63. The average molecular weight is 186 g/mol. The second-order valence-electron chi connectivity index (χ2n) is 4.26. The Labute approximate surface area is 79.3 Å². The molecule has 1 unspecified atom stereocenters. The van der Waals surface area contributed by atoms with E-state index in [1.807, 2.05) is 0 Å². The Morgan fingerprint density at radius 1 is 1.08 bits per heavy atom. The molecule has 2 fully saturated rings. The zero-order valence-corrected chi connectivity index (χ0v) is 8.86. The SMILES string of the molecule is CN1CCSC2(CCN(C)C2)C1. The molecule has 0 aromatic carbocycles. The molecular weight excluding hydrogens is 168 g/mol. The molecule has 0 N–H and O–H groups in total. The van der Waals surface area contributed by atoms with Gasteiger partial charge in [-0.25, -0.2) is 0 Å². The van der Waals surface area contributed by atoms with Gasteiger partial charge in [0.1, 0.15) is 0 Å². The first-order valence-corrected chi connectivity index (χ1v) is 5.70. The first kappa shape index (κ1) is 8.85. The van der Waals surface area contributed by atoms with Crippen LogP contribution in [0, 0.1) is 0 Å². The van der Waals surface area contributed by atoms with Crippen LogP contribution in [0.25, 0.3) is 0 Å². The van der Waals surface area contributed by atoms with Crippen molar-refractivity contribution in [1.29, 1.82) is 0 Å².